The molecule has 4 aromatic rings. The predicted octanol–water partition coefficient (Wildman–Crippen LogP) is 5.95. The van der Waals surface area contributed by atoms with E-state index in [-0.39, 0.29) is 0 Å². The Morgan fingerprint density at radius 2 is 1.43 bits per heavy atom. The van der Waals surface area contributed by atoms with Crippen LogP contribution in [0.5, 0.6) is 0 Å². The number of rotatable bonds is 3. The second-order valence-corrected chi connectivity index (χ2v) is 8.05. The maximum atomic E-state index is 4.94. The highest BCUT2D eigenvalue weighted by Crippen LogP contribution is 2.34. The molecule has 0 atom stereocenters. The minimum atomic E-state index is 1.01. The van der Waals surface area contributed by atoms with Gasteiger partial charge in [0.2, 0.25) is 0 Å². The largest absolute Gasteiger partial charge is 0.298 e. The van der Waals surface area contributed by atoms with Crippen LogP contribution >= 0.6 is 22.7 Å². The molecule has 0 N–H and O–H groups in total. The van der Waals surface area contributed by atoms with Gasteiger partial charge in [0.05, 0.1) is 15.4 Å². The molecule has 3 heterocycles. The Morgan fingerprint density at radius 1 is 0.783 bits per heavy atom. The van der Waals surface area contributed by atoms with Crippen molar-refractivity contribution >= 4 is 22.7 Å². The summed E-state index contributed by atoms with van der Waals surface area (Å²) >= 11 is 3.57. The highest BCUT2D eigenvalue weighted by molar-refractivity contribution is 7.15. The van der Waals surface area contributed by atoms with Gasteiger partial charge < -0.3 is 0 Å². The molecule has 0 fully saturated rings. The normalized spacial score (nSPS) is 11.0. The van der Waals surface area contributed by atoms with Crippen molar-refractivity contribution in [2.45, 2.75) is 13.8 Å². The van der Waals surface area contributed by atoms with Crippen LogP contribution in [0.25, 0.3) is 27.0 Å². The lowest BCUT2D eigenvalue weighted by Gasteiger charge is -2.05. The van der Waals surface area contributed by atoms with E-state index in [9.17, 15) is 0 Å². The predicted molar refractivity (Wildman–Crippen MR) is 99.7 cm³/mol. The van der Waals surface area contributed by atoms with Crippen LogP contribution in [-0.2, 0) is 0 Å². The third kappa shape index (κ3) is 2.76. The minimum Gasteiger partial charge on any atom is -0.298 e. The Kier molecular flexibility index (Phi) is 3.63. The Hall–Kier alpha value is -2.17. The molecule has 1 aromatic carbocycles. The zero-order chi connectivity index (χ0) is 15.8. The average Bonchev–Trinajstić information content (AvgIpc) is 3.27. The number of benzene rings is 1. The summed E-state index contributed by atoms with van der Waals surface area (Å²) in [5.41, 5.74) is 2.17. The first-order chi connectivity index (χ1) is 11.2. The van der Waals surface area contributed by atoms with Crippen LogP contribution in [0, 0.1) is 13.8 Å². The van der Waals surface area contributed by atoms with Crippen molar-refractivity contribution in [1.82, 2.24) is 9.55 Å². The number of thiophene rings is 2. The fourth-order valence-electron chi connectivity index (χ4n) is 2.59. The van der Waals surface area contributed by atoms with Crippen molar-refractivity contribution in [3.63, 3.8) is 0 Å². The monoisotopic (exact) mass is 336 g/mol. The molecule has 4 rings (SSSR count). The lowest BCUT2D eigenvalue weighted by molar-refractivity contribution is 1.07. The fourth-order valence-corrected chi connectivity index (χ4v) is 4.26. The molecule has 0 aliphatic carbocycles. The van der Waals surface area contributed by atoms with Crippen molar-refractivity contribution in [3.05, 3.63) is 70.5 Å². The minimum absolute atomic E-state index is 1.01. The smallest absolute Gasteiger partial charge is 0.155 e. The summed E-state index contributed by atoms with van der Waals surface area (Å²) < 4.78 is 2.19. The molecule has 0 radical (unpaired) electrons. The van der Waals surface area contributed by atoms with E-state index in [1.807, 2.05) is 6.07 Å². The van der Waals surface area contributed by atoms with Crippen molar-refractivity contribution in [1.29, 1.82) is 0 Å². The number of nitrogens with zero attached hydrogens (tertiary/aromatic N) is 2. The van der Waals surface area contributed by atoms with Gasteiger partial charge in [-0.25, -0.2) is 4.98 Å². The third-order valence-electron chi connectivity index (χ3n) is 3.69. The summed E-state index contributed by atoms with van der Waals surface area (Å²) in [6.07, 6.45) is 2.14. The standard InChI is InChI=1S/C19H16N2S2/c1-13-8-10-17(22-13)16-12-21(15-6-4-3-5-7-15)19(20-16)18-11-9-14(2)23-18/h3-12H,1-2H3. The number of aromatic nitrogens is 2. The molecule has 23 heavy (non-hydrogen) atoms. The molecule has 0 aliphatic rings. The number of aryl methyl sites for hydroxylation is 2. The molecule has 0 bridgehead atoms. The van der Waals surface area contributed by atoms with Gasteiger partial charge in [-0.3, -0.25) is 4.57 Å². The maximum Gasteiger partial charge on any atom is 0.155 e. The van der Waals surface area contributed by atoms with Crippen molar-refractivity contribution in [3.8, 4) is 27.0 Å². The second-order valence-electron chi connectivity index (χ2n) is 5.48. The van der Waals surface area contributed by atoms with Crippen molar-refractivity contribution < 1.29 is 0 Å². The fraction of sp³-hybridized carbons (Fsp3) is 0.105. The molecule has 0 unspecified atom stereocenters. The van der Waals surface area contributed by atoms with E-state index in [1.54, 1.807) is 22.7 Å². The molecule has 2 nitrogen and oxygen atoms in total. The lowest BCUT2D eigenvalue weighted by Crippen LogP contribution is -1.94. The molecule has 3 aromatic heterocycles. The van der Waals surface area contributed by atoms with E-state index in [0.29, 0.717) is 0 Å². The van der Waals surface area contributed by atoms with Crippen LogP contribution in [0.1, 0.15) is 9.75 Å². The van der Waals surface area contributed by atoms with E-state index >= 15 is 0 Å². The zero-order valence-electron chi connectivity index (χ0n) is 13.0. The number of hydrogen-bond acceptors (Lipinski definition) is 3. The molecule has 0 aliphatic heterocycles. The van der Waals surface area contributed by atoms with E-state index in [0.717, 1.165) is 17.2 Å². The van der Waals surface area contributed by atoms with Gasteiger partial charge in [-0.05, 0) is 50.2 Å². The van der Waals surface area contributed by atoms with Gasteiger partial charge in [0.25, 0.3) is 0 Å². The van der Waals surface area contributed by atoms with Gasteiger partial charge in [-0.1, -0.05) is 18.2 Å². The molecule has 0 saturated carbocycles. The van der Waals surface area contributed by atoms with E-state index in [4.69, 9.17) is 4.98 Å². The van der Waals surface area contributed by atoms with Gasteiger partial charge in [0.1, 0.15) is 0 Å². The molecule has 0 amide bonds. The number of para-hydroxylation sites is 1. The number of imidazole rings is 1. The molecular weight excluding hydrogens is 320 g/mol. The highest BCUT2D eigenvalue weighted by Gasteiger charge is 2.15. The lowest BCUT2D eigenvalue weighted by atomic mass is 10.3. The van der Waals surface area contributed by atoms with E-state index < -0.39 is 0 Å². The summed E-state index contributed by atoms with van der Waals surface area (Å²) in [6, 6.07) is 19.0. The summed E-state index contributed by atoms with van der Waals surface area (Å²) in [6.45, 7) is 4.26. The van der Waals surface area contributed by atoms with Gasteiger partial charge in [0.15, 0.2) is 5.82 Å². The highest BCUT2D eigenvalue weighted by atomic mass is 32.1. The molecule has 0 saturated heterocycles. The summed E-state index contributed by atoms with van der Waals surface area (Å²) in [4.78, 5) is 9.96. The summed E-state index contributed by atoms with van der Waals surface area (Å²) in [7, 11) is 0. The van der Waals surface area contributed by atoms with Crippen molar-refractivity contribution in [2.75, 3.05) is 0 Å². The van der Waals surface area contributed by atoms with Crippen LogP contribution in [0.3, 0.4) is 0 Å². The van der Waals surface area contributed by atoms with Crippen LogP contribution in [0.4, 0.5) is 0 Å². The molecular formula is C19H16N2S2. The first-order valence-electron chi connectivity index (χ1n) is 7.49. The Balaban J connectivity index is 1.90. The van der Waals surface area contributed by atoms with E-state index in [1.165, 1.54) is 19.5 Å². The topological polar surface area (TPSA) is 17.8 Å². The van der Waals surface area contributed by atoms with Gasteiger partial charge in [-0.2, -0.15) is 0 Å². The van der Waals surface area contributed by atoms with Crippen LogP contribution in [-0.4, -0.2) is 9.55 Å². The first kappa shape index (κ1) is 14.4. The van der Waals surface area contributed by atoms with Crippen LogP contribution in [0.2, 0.25) is 0 Å². The molecule has 0 spiro atoms. The van der Waals surface area contributed by atoms with Gasteiger partial charge in [0, 0.05) is 21.6 Å². The van der Waals surface area contributed by atoms with Crippen LogP contribution < -0.4 is 0 Å². The van der Waals surface area contributed by atoms with Crippen LogP contribution in [0.15, 0.2) is 60.8 Å². The average molecular weight is 336 g/mol. The van der Waals surface area contributed by atoms with Gasteiger partial charge in [-0.15, -0.1) is 22.7 Å². The Labute approximate surface area is 143 Å². The maximum absolute atomic E-state index is 4.94. The summed E-state index contributed by atoms with van der Waals surface area (Å²) in [5, 5.41) is 0. The Morgan fingerprint density at radius 3 is 2.04 bits per heavy atom. The zero-order valence-corrected chi connectivity index (χ0v) is 14.6. The number of hydrogen-bond donors (Lipinski definition) is 0. The SMILES string of the molecule is Cc1ccc(-c2cn(-c3ccccc3)c(-c3ccc(C)s3)n2)s1. The Bertz CT molecular complexity index is 945. The second kappa shape index (κ2) is 5.80. The quantitative estimate of drug-likeness (QED) is 0.452. The molecule has 4 heteroatoms. The van der Waals surface area contributed by atoms with Gasteiger partial charge >= 0.3 is 0 Å². The first-order valence-corrected chi connectivity index (χ1v) is 9.12. The van der Waals surface area contributed by atoms with E-state index in [2.05, 4.69) is 73.1 Å². The summed E-state index contributed by atoms with van der Waals surface area (Å²) in [5.74, 6) is 1.01. The third-order valence-corrected chi connectivity index (χ3v) is 5.71. The molecule has 114 valence electrons. The van der Waals surface area contributed by atoms with Crippen molar-refractivity contribution in [2.24, 2.45) is 0 Å².